The van der Waals surface area contributed by atoms with Crippen molar-refractivity contribution in [3.05, 3.63) is 0 Å². The first-order valence-corrected chi connectivity index (χ1v) is 7.15. The van der Waals surface area contributed by atoms with E-state index in [9.17, 15) is 0 Å². The summed E-state index contributed by atoms with van der Waals surface area (Å²) in [7, 11) is 0. The zero-order valence-corrected chi connectivity index (χ0v) is 14.3. The largest absolute Gasteiger partial charge is 0.394 e. The van der Waals surface area contributed by atoms with Crippen LogP contribution in [0.5, 0.6) is 0 Å². The highest BCUT2D eigenvalue weighted by Crippen LogP contribution is 2.04. The molecular formula is C12H31ClN2O10. The molecule has 0 aliphatic carbocycles. The van der Waals surface area contributed by atoms with E-state index in [0.717, 1.165) is 0 Å². The Morgan fingerprint density at radius 3 is 0.840 bits per heavy atom. The molecule has 12 nitrogen and oxygen atoms in total. The lowest BCUT2D eigenvalue weighted by molar-refractivity contribution is -0.112. The molecule has 0 heterocycles. The van der Waals surface area contributed by atoms with Gasteiger partial charge in [0.15, 0.2) is 0 Å². The highest BCUT2D eigenvalue weighted by molar-refractivity contribution is 5.85. The lowest BCUT2D eigenvalue weighted by atomic mass is 10.0. The maximum Gasteiger partial charge on any atom is 0.111 e. The molecule has 0 spiro atoms. The summed E-state index contributed by atoms with van der Waals surface area (Å²) in [6, 6.07) is 0. The smallest absolute Gasteiger partial charge is 0.111 e. The summed E-state index contributed by atoms with van der Waals surface area (Å²) in [6.45, 7) is -1.82. The maximum atomic E-state index is 9.04. The highest BCUT2D eigenvalue weighted by atomic mass is 35.5. The zero-order chi connectivity index (χ0) is 19.4. The molecule has 25 heavy (non-hydrogen) atoms. The molecule has 0 aromatic heterocycles. The summed E-state index contributed by atoms with van der Waals surface area (Å²) >= 11 is 0. The van der Waals surface area contributed by atoms with E-state index in [1.54, 1.807) is 0 Å². The normalized spacial score (nSPS) is 20.6. The number of hydrogen-bond acceptors (Lipinski definition) is 12. The summed E-state index contributed by atoms with van der Waals surface area (Å²) < 4.78 is 0. The van der Waals surface area contributed by atoms with Crippen molar-refractivity contribution in [1.82, 2.24) is 0 Å². The van der Waals surface area contributed by atoms with E-state index < -0.39 is 62.0 Å². The Bertz CT molecular complexity index is 251. The lowest BCUT2D eigenvalue weighted by Crippen LogP contribution is -2.48. The Morgan fingerprint density at radius 1 is 0.480 bits per heavy atom. The second-order valence-corrected chi connectivity index (χ2v) is 5.07. The Balaban J connectivity index is -0.000000372. The van der Waals surface area contributed by atoms with Gasteiger partial charge in [-0.25, -0.2) is 0 Å². The average Bonchev–Trinajstić information content (AvgIpc) is 2.62. The molecule has 0 aliphatic heterocycles. The standard InChI is InChI=1S/2C6H15NO5.ClH/c2*7-1-3(9)5(11)6(12)4(10)2-8;/h2*3-6,8-12H,1-2,7H2;1H/t2*3-,4+,5+,6+;/m00./s1. The first-order valence-electron chi connectivity index (χ1n) is 7.15. The Hall–Kier alpha value is -0.190. The molecule has 0 saturated heterocycles. The number of aliphatic hydroxyl groups excluding tert-OH is 10. The molecule has 0 saturated carbocycles. The van der Waals surface area contributed by atoms with E-state index >= 15 is 0 Å². The van der Waals surface area contributed by atoms with Crippen molar-refractivity contribution in [1.29, 1.82) is 0 Å². The SMILES string of the molecule is Cl.NC[C@H](O)[C@@H](O)[C@H](O)[C@H](O)CO.NC[C@H](O)[C@@H](O)[C@H](O)[C@H](O)CO. The molecular weight excluding hydrogens is 368 g/mol. The van der Waals surface area contributed by atoms with Crippen LogP contribution in [-0.4, -0.2) is 126 Å². The lowest BCUT2D eigenvalue weighted by Gasteiger charge is -2.24. The van der Waals surface area contributed by atoms with Gasteiger partial charge < -0.3 is 62.5 Å². The van der Waals surface area contributed by atoms with Crippen molar-refractivity contribution in [3.8, 4) is 0 Å². The fourth-order valence-electron chi connectivity index (χ4n) is 1.41. The van der Waals surface area contributed by atoms with E-state index in [-0.39, 0.29) is 25.5 Å². The first kappa shape index (κ1) is 29.6. The van der Waals surface area contributed by atoms with Gasteiger partial charge in [0.2, 0.25) is 0 Å². The van der Waals surface area contributed by atoms with Crippen LogP contribution < -0.4 is 11.5 Å². The molecule has 14 N–H and O–H groups in total. The van der Waals surface area contributed by atoms with Crippen LogP contribution in [0.3, 0.4) is 0 Å². The van der Waals surface area contributed by atoms with Crippen LogP contribution in [0, 0.1) is 0 Å². The number of aliphatic hydroxyl groups is 10. The molecule has 0 amide bonds. The predicted octanol–water partition coefficient (Wildman–Crippen LogP) is -6.82. The summed E-state index contributed by atoms with van der Waals surface area (Å²) in [5, 5.41) is 88.3. The Labute approximate surface area is 151 Å². The molecule has 8 atom stereocenters. The third-order valence-corrected chi connectivity index (χ3v) is 3.13. The monoisotopic (exact) mass is 398 g/mol. The van der Waals surface area contributed by atoms with Crippen molar-refractivity contribution < 1.29 is 51.1 Å². The van der Waals surface area contributed by atoms with Crippen LogP contribution in [0.2, 0.25) is 0 Å². The van der Waals surface area contributed by atoms with Gasteiger partial charge in [-0.3, -0.25) is 0 Å². The molecule has 0 aliphatic rings. The van der Waals surface area contributed by atoms with Gasteiger partial charge in [-0.15, -0.1) is 12.4 Å². The van der Waals surface area contributed by atoms with E-state index in [0.29, 0.717) is 0 Å². The van der Waals surface area contributed by atoms with Gasteiger partial charge in [0, 0.05) is 13.1 Å². The summed E-state index contributed by atoms with van der Waals surface area (Å²) in [4.78, 5) is 0. The summed E-state index contributed by atoms with van der Waals surface area (Å²) in [5.74, 6) is 0. The summed E-state index contributed by atoms with van der Waals surface area (Å²) in [5.41, 5.74) is 9.97. The summed E-state index contributed by atoms with van der Waals surface area (Å²) in [6.07, 6.45) is -11.8. The number of hydrogen-bond donors (Lipinski definition) is 12. The molecule has 0 fully saturated rings. The van der Waals surface area contributed by atoms with E-state index in [1.807, 2.05) is 0 Å². The minimum atomic E-state index is -1.59. The van der Waals surface area contributed by atoms with Gasteiger partial charge in [0.25, 0.3) is 0 Å². The fourth-order valence-corrected chi connectivity index (χ4v) is 1.41. The van der Waals surface area contributed by atoms with Gasteiger partial charge in [-0.1, -0.05) is 0 Å². The molecule has 0 aromatic rings. The molecule has 156 valence electrons. The molecule has 13 heteroatoms. The van der Waals surface area contributed by atoms with Crippen LogP contribution in [0.15, 0.2) is 0 Å². The van der Waals surface area contributed by atoms with Crippen LogP contribution in [-0.2, 0) is 0 Å². The van der Waals surface area contributed by atoms with Crippen molar-refractivity contribution in [3.63, 3.8) is 0 Å². The molecule has 0 bridgehead atoms. The van der Waals surface area contributed by atoms with Crippen LogP contribution in [0.1, 0.15) is 0 Å². The van der Waals surface area contributed by atoms with Gasteiger partial charge >= 0.3 is 0 Å². The van der Waals surface area contributed by atoms with Crippen molar-refractivity contribution in [2.24, 2.45) is 11.5 Å². The van der Waals surface area contributed by atoms with Gasteiger partial charge in [0.05, 0.1) is 25.4 Å². The zero-order valence-electron chi connectivity index (χ0n) is 13.5. The predicted molar refractivity (Wildman–Crippen MR) is 87.6 cm³/mol. The number of halogens is 1. The van der Waals surface area contributed by atoms with E-state index in [1.165, 1.54) is 0 Å². The molecule has 0 rings (SSSR count). The second kappa shape index (κ2) is 16.0. The fraction of sp³-hybridized carbons (Fsp3) is 1.00. The van der Waals surface area contributed by atoms with Crippen molar-refractivity contribution in [2.45, 2.75) is 48.8 Å². The molecule has 0 radical (unpaired) electrons. The van der Waals surface area contributed by atoms with Gasteiger partial charge in [0.1, 0.15) is 36.6 Å². The molecule has 0 aromatic carbocycles. The highest BCUT2D eigenvalue weighted by Gasteiger charge is 2.29. The number of nitrogens with two attached hydrogens (primary N) is 2. The Morgan fingerprint density at radius 2 is 0.680 bits per heavy atom. The quantitative estimate of drug-likeness (QED) is 0.164. The minimum absolute atomic E-state index is 0. The van der Waals surface area contributed by atoms with E-state index in [4.69, 9.17) is 62.5 Å². The van der Waals surface area contributed by atoms with Crippen LogP contribution in [0.4, 0.5) is 0 Å². The van der Waals surface area contributed by atoms with E-state index in [2.05, 4.69) is 0 Å². The van der Waals surface area contributed by atoms with Gasteiger partial charge in [-0.05, 0) is 0 Å². The second-order valence-electron chi connectivity index (χ2n) is 5.07. The van der Waals surface area contributed by atoms with Gasteiger partial charge in [-0.2, -0.15) is 0 Å². The minimum Gasteiger partial charge on any atom is -0.394 e. The topological polar surface area (TPSA) is 254 Å². The molecule has 0 unspecified atom stereocenters. The average molecular weight is 399 g/mol. The van der Waals surface area contributed by atoms with Crippen LogP contribution >= 0.6 is 12.4 Å². The maximum absolute atomic E-state index is 9.04. The third-order valence-electron chi connectivity index (χ3n) is 3.13. The Kier molecular flexibility index (Phi) is 18.9. The third kappa shape index (κ3) is 11.2. The number of rotatable bonds is 10. The first-order chi connectivity index (χ1) is 11.1. The van der Waals surface area contributed by atoms with Crippen molar-refractivity contribution in [2.75, 3.05) is 26.3 Å². The van der Waals surface area contributed by atoms with Crippen LogP contribution in [0.25, 0.3) is 0 Å². The van der Waals surface area contributed by atoms with Crippen molar-refractivity contribution >= 4 is 12.4 Å².